The van der Waals surface area contributed by atoms with E-state index in [9.17, 15) is 20.1 Å². The van der Waals surface area contributed by atoms with E-state index in [1.54, 1.807) is 20.1 Å². The Morgan fingerprint density at radius 3 is 2.66 bits per heavy atom. The van der Waals surface area contributed by atoms with E-state index in [0.717, 1.165) is 95.6 Å². The van der Waals surface area contributed by atoms with Crippen molar-refractivity contribution in [3.05, 3.63) is 124 Å². The third kappa shape index (κ3) is 9.69. The zero-order valence-electron chi connectivity index (χ0n) is 36.4. The molecule has 4 aromatic carbocycles. The van der Waals surface area contributed by atoms with Gasteiger partial charge in [0.2, 0.25) is 0 Å². The van der Waals surface area contributed by atoms with Gasteiger partial charge in [-0.15, -0.1) is 0 Å². The summed E-state index contributed by atoms with van der Waals surface area (Å²) >= 11 is 0. The summed E-state index contributed by atoms with van der Waals surface area (Å²) in [6, 6.07) is 20.5. The van der Waals surface area contributed by atoms with Crippen LogP contribution in [0.5, 0.6) is 17.2 Å². The number of rotatable bonds is 11. The van der Waals surface area contributed by atoms with Crippen molar-refractivity contribution in [1.29, 1.82) is 0 Å². The van der Waals surface area contributed by atoms with Crippen LogP contribution in [0.4, 0.5) is 5.69 Å². The minimum absolute atomic E-state index is 0.0373. The number of ketones is 1. The quantitative estimate of drug-likeness (QED) is 0.0872. The average Bonchev–Trinajstić information content (AvgIpc) is 3.74. The SMILES string of the molecule is COc1ccc2cc1OCc1ccc3c(c(O)cc4c3c1C=C[C@H]4C)C1(C#CO[C@@H](C[C@H]3C=C(O)C=C[C@@H]3CCCCc3cccc(NC[C@H](C)O)c3)CC(=O)CC2)CCCC1. The number of aliphatic hydroxyl groups excluding tert-OH is 2. The van der Waals surface area contributed by atoms with Gasteiger partial charge >= 0.3 is 0 Å². The molecule has 5 aliphatic rings. The fourth-order valence-corrected chi connectivity index (χ4v) is 10.2. The predicted octanol–water partition coefficient (Wildman–Crippen LogP) is 11.2. The Balaban J connectivity index is 1.08. The van der Waals surface area contributed by atoms with Gasteiger partial charge in [0.15, 0.2) is 11.5 Å². The van der Waals surface area contributed by atoms with Gasteiger partial charge in [-0.25, -0.2) is 0 Å². The van der Waals surface area contributed by atoms with Gasteiger partial charge < -0.3 is 34.8 Å². The summed E-state index contributed by atoms with van der Waals surface area (Å²) in [5.74, 6) is 5.68. The molecule has 2 heterocycles. The smallest absolute Gasteiger partial charge is 0.161 e. The zero-order valence-corrected chi connectivity index (χ0v) is 36.4. The number of phenolic OH excluding ortho intramolecular Hbond substituents is 1. The van der Waals surface area contributed by atoms with E-state index in [2.05, 4.69) is 72.8 Å². The summed E-state index contributed by atoms with van der Waals surface area (Å²) in [6.07, 6.45) is 21.5. The number of fused-ring (bicyclic) bond motifs is 8. The Labute approximate surface area is 366 Å². The number of benzene rings is 4. The van der Waals surface area contributed by atoms with Gasteiger partial charge in [-0.1, -0.05) is 74.7 Å². The highest BCUT2D eigenvalue weighted by atomic mass is 16.5. The summed E-state index contributed by atoms with van der Waals surface area (Å²) in [5.41, 5.74) is 6.71. The highest BCUT2D eigenvalue weighted by Crippen LogP contribution is 2.51. The number of aromatic hydroxyl groups is 1. The average molecular weight is 836 g/mol. The lowest BCUT2D eigenvalue weighted by Gasteiger charge is -2.30. The number of aryl methyl sites for hydroxylation is 2. The molecular weight excluding hydrogens is 775 g/mol. The topological polar surface area (TPSA) is 117 Å². The van der Waals surface area contributed by atoms with Crippen molar-refractivity contribution in [3.63, 3.8) is 0 Å². The number of aliphatic hydroxyl groups is 2. The molecule has 8 heteroatoms. The van der Waals surface area contributed by atoms with Gasteiger partial charge in [0.25, 0.3) is 0 Å². The van der Waals surface area contributed by atoms with E-state index >= 15 is 0 Å². The Morgan fingerprint density at radius 2 is 1.84 bits per heavy atom. The highest BCUT2D eigenvalue weighted by Gasteiger charge is 2.39. The van der Waals surface area contributed by atoms with Crippen LogP contribution in [0.15, 0.2) is 90.7 Å². The first kappa shape index (κ1) is 43.0. The van der Waals surface area contributed by atoms with Crippen LogP contribution in [-0.2, 0) is 34.4 Å². The molecule has 9 rings (SSSR count). The van der Waals surface area contributed by atoms with Gasteiger partial charge in [-0.2, -0.15) is 0 Å². The van der Waals surface area contributed by atoms with Gasteiger partial charge in [-0.3, -0.25) is 4.79 Å². The third-order valence-electron chi connectivity index (χ3n) is 13.5. The van der Waals surface area contributed by atoms with Gasteiger partial charge in [0, 0.05) is 36.6 Å². The minimum atomic E-state index is -0.618. The fourth-order valence-electron chi connectivity index (χ4n) is 10.2. The standard InChI is InChI=1S/C54H61NO7/c1-35-13-20-46-40-17-21-47-52(46)48(35)32-49(59)53(47)54(23-6-7-24-54)25-26-61-45(31-44(58)18-14-38-15-22-50(60-3)51(28-38)62-34-40)30-41-29-43(57)19-16-39(41)11-5-4-9-37-10-8-12-42(27-37)55-33-36(2)56/h8,10,12-13,15-17,19-22,27-29,32,35-36,39,41,45,55-57,59H,4-7,9,11,14,18,23-24,30-31,33-34H2,1-3H3/t35-,36+,39+,41-,45+/m1/s1. The Kier molecular flexibility index (Phi) is 13.3. The normalized spacial score (nSPS) is 22.2. The van der Waals surface area contributed by atoms with Gasteiger partial charge in [0.05, 0.1) is 18.6 Å². The number of unbranched alkanes of at least 4 members (excludes halogenated alkanes) is 1. The lowest BCUT2D eigenvalue weighted by Crippen LogP contribution is -2.25. The molecule has 4 aromatic rings. The van der Waals surface area contributed by atoms with E-state index in [4.69, 9.17) is 14.2 Å². The maximum atomic E-state index is 13.9. The van der Waals surface area contributed by atoms with Crippen LogP contribution in [0.2, 0.25) is 0 Å². The molecule has 5 atom stereocenters. The summed E-state index contributed by atoms with van der Waals surface area (Å²) in [6.45, 7) is 4.78. The van der Waals surface area contributed by atoms with Crippen molar-refractivity contribution in [2.24, 2.45) is 11.8 Å². The van der Waals surface area contributed by atoms with Gasteiger partial charge in [0.1, 0.15) is 36.1 Å². The van der Waals surface area contributed by atoms with Crippen molar-refractivity contribution in [2.75, 3.05) is 19.0 Å². The molecule has 3 aliphatic carbocycles. The second kappa shape index (κ2) is 19.2. The van der Waals surface area contributed by atoms with Crippen molar-refractivity contribution in [3.8, 4) is 29.3 Å². The molecule has 1 spiro atoms. The largest absolute Gasteiger partial charge is 0.508 e. The lowest BCUT2D eigenvalue weighted by molar-refractivity contribution is -0.121. The summed E-state index contributed by atoms with van der Waals surface area (Å²) in [7, 11) is 1.64. The zero-order chi connectivity index (χ0) is 43.2. The maximum absolute atomic E-state index is 13.9. The van der Waals surface area contributed by atoms with Crippen LogP contribution < -0.4 is 14.8 Å². The first-order chi connectivity index (χ1) is 30.1. The van der Waals surface area contributed by atoms with Crippen LogP contribution in [0.25, 0.3) is 16.8 Å². The molecule has 6 bridgehead atoms. The van der Waals surface area contributed by atoms with Crippen LogP contribution in [0.3, 0.4) is 0 Å². The minimum Gasteiger partial charge on any atom is -0.508 e. The molecule has 0 aromatic heterocycles. The fraction of sp³-hybridized carbons (Fsp3) is 0.426. The first-order valence-electron chi connectivity index (χ1n) is 22.7. The molecule has 324 valence electrons. The molecule has 0 amide bonds. The number of hydrogen-bond acceptors (Lipinski definition) is 8. The van der Waals surface area contributed by atoms with E-state index in [0.29, 0.717) is 43.9 Å². The number of hydrogen-bond donors (Lipinski definition) is 4. The number of phenols is 1. The van der Waals surface area contributed by atoms with Crippen LogP contribution in [0.1, 0.15) is 117 Å². The van der Waals surface area contributed by atoms with Crippen LogP contribution in [0, 0.1) is 23.9 Å². The Hall–Kier alpha value is -5.65. The summed E-state index contributed by atoms with van der Waals surface area (Å²) in [4.78, 5) is 13.9. The third-order valence-corrected chi connectivity index (χ3v) is 13.5. The lowest BCUT2D eigenvalue weighted by atomic mass is 9.73. The number of ether oxygens (including phenoxy) is 3. The Morgan fingerprint density at radius 1 is 0.984 bits per heavy atom. The Bertz CT molecular complexity index is 2430. The number of nitrogens with one attached hydrogen (secondary N) is 1. The number of Topliss-reactive ketones (excluding diaryl/α,β-unsaturated/α-hetero) is 1. The number of anilines is 1. The highest BCUT2D eigenvalue weighted by molar-refractivity contribution is 6.01. The molecule has 0 unspecified atom stereocenters. The van der Waals surface area contributed by atoms with Crippen LogP contribution >= 0.6 is 0 Å². The van der Waals surface area contributed by atoms with E-state index in [1.165, 1.54) is 5.56 Å². The number of methoxy groups -OCH3 is 1. The summed E-state index contributed by atoms with van der Waals surface area (Å²) < 4.78 is 18.8. The second-order valence-electron chi connectivity index (χ2n) is 18.0. The second-order valence-corrected chi connectivity index (χ2v) is 18.0. The summed E-state index contributed by atoms with van der Waals surface area (Å²) in [5, 5.41) is 37.8. The molecule has 1 fully saturated rings. The molecule has 0 radical (unpaired) electrons. The van der Waals surface area contributed by atoms with E-state index < -0.39 is 17.6 Å². The molecule has 2 aliphatic heterocycles. The number of carbonyl (C=O) groups excluding carboxylic acids is 1. The maximum Gasteiger partial charge on any atom is 0.161 e. The van der Waals surface area contributed by atoms with Crippen molar-refractivity contribution >= 4 is 28.3 Å². The molecule has 62 heavy (non-hydrogen) atoms. The molecule has 8 nitrogen and oxygen atoms in total. The predicted molar refractivity (Wildman–Crippen MR) is 247 cm³/mol. The molecule has 4 N–H and O–H groups in total. The van der Waals surface area contributed by atoms with Crippen molar-refractivity contribution < 1.29 is 34.3 Å². The molecular formula is C54H61NO7. The number of carbonyl (C=O) groups is 1. The first-order valence-corrected chi connectivity index (χ1v) is 22.7. The van der Waals surface area contributed by atoms with Crippen molar-refractivity contribution in [2.45, 2.75) is 121 Å². The van der Waals surface area contributed by atoms with E-state index in [-0.39, 0.29) is 41.5 Å². The molecule has 1 saturated carbocycles. The number of allylic oxidation sites excluding steroid dienone is 4. The van der Waals surface area contributed by atoms with Crippen molar-refractivity contribution in [1.82, 2.24) is 0 Å². The van der Waals surface area contributed by atoms with Crippen LogP contribution in [-0.4, -0.2) is 47.0 Å². The monoisotopic (exact) mass is 835 g/mol. The molecule has 0 saturated heterocycles. The van der Waals surface area contributed by atoms with Gasteiger partial charge in [-0.05, 0) is 151 Å². The van der Waals surface area contributed by atoms with E-state index in [1.807, 2.05) is 36.4 Å².